The molecule has 29 heavy (non-hydrogen) atoms. The maximum atomic E-state index is 12.6. The van der Waals surface area contributed by atoms with Crippen LogP contribution in [0.25, 0.3) is 0 Å². The van der Waals surface area contributed by atoms with Crippen LogP contribution in [0.1, 0.15) is 85.0 Å². The summed E-state index contributed by atoms with van der Waals surface area (Å²) in [6, 6.07) is 0. The quantitative estimate of drug-likeness (QED) is 0.467. The summed E-state index contributed by atoms with van der Waals surface area (Å²) in [6.07, 6.45) is 13.5. The van der Waals surface area contributed by atoms with Crippen molar-refractivity contribution in [3.8, 4) is 0 Å². The van der Waals surface area contributed by atoms with Crippen LogP contribution in [0.2, 0.25) is 0 Å². The summed E-state index contributed by atoms with van der Waals surface area (Å²) in [4.78, 5) is 18.2. The lowest BCUT2D eigenvalue weighted by Crippen LogP contribution is -2.50. The van der Waals surface area contributed by atoms with E-state index >= 15 is 0 Å². The number of allylic oxidation sites excluding steroid dienone is 2. The fourth-order valence-electron chi connectivity index (χ4n) is 7.14. The topological polar surface area (TPSA) is 50.7 Å². The van der Waals surface area contributed by atoms with Crippen molar-refractivity contribution in [2.75, 3.05) is 19.7 Å². The first-order chi connectivity index (χ1) is 14.0. The maximum absolute atomic E-state index is 12.6. The van der Waals surface area contributed by atoms with Crippen molar-refractivity contribution in [2.45, 2.75) is 85.0 Å². The number of nitrogens with zero attached hydrogens (tertiary/aromatic N) is 1. The first-order valence-electron chi connectivity index (χ1n) is 12.1. The zero-order valence-electron chi connectivity index (χ0n) is 18.8. The second kappa shape index (κ2) is 8.53. The van der Waals surface area contributed by atoms with Crippen LogP contribution in [0.15, 0.2) is 16.8 Å². The summed E-state index contributed by atoms with van der Waals surface area (Å²) in [7, 11) is 0. The molecule has 3 fully saturated rings. The number of ketones is 1. The Morgan fingerprint density at radius 2 is 1.90 bits per heavy atom. The first-order valence-corrected chi connectivity index (χ1v) is 12.1. The predicted molar refractivity (Wildman–Crippen MR) is 118 cm³/mol. The molecule has 162 valence electrons. The highest BCUT2D eigenvalue weighted by atomic mass is 16.6. The summed E-state index contributed by atoms with van der Waals surface area (Å²) in [6.45, 7) is 9.74. The second-order valence-corrected chi connectivity index (χ2v) is 10.4. The van der Waals surface area contributed by atoms with Gasteiger partial charge in [-0.1, -0.05) is 31.5 Å². The highest BCUT2D eigenvalue weighted by Gasteiger charge is 2.58. The van der Waals surface area contributed by atoms with Crippen LogP contribution in [0.3, 0.4) is 0 Å². The molecule has 4 heteroatoms. The van der Waals surface area contributed by atoms with E-state index in [2.05, 4.69) is 37.3 Å². The molecule has 0 heterocycles. The predicted octanol–water partition coefficient (Wildman–Crippen LogP) is 5.28. The number of hydrogen-bond donors (Lipinski definition) is 1. The molecule has 3 unspecified atom stereocenters. The molecule has 0 amide bonds. The van der Waals surface area contributed by atoms with Crippen LogP contribution in [-0.4, -0.2) is 31.2 Å². The molecule has 5 atom stereocenters. The second-order valence-electron chi connectivity index (χ2n) is 10.4. The van der Waals surface area contributed by atoms with Gasteiger partial charge in [0.1, 0.15) is 12.4 Å². The van der Waals surface area contributed by atoms with Crippen molar-refractivity contribution < 1.29 is 9.63 Å². The molecule has 0 radical (unpaired) electrons. The fraction of sp³-hybridized carbons (Fsp3) is 0.840. The lowest BCUT2D eigenvalue weighted by Gasteiger charge is -2.57. The molecule has 0 aromatic rings. The summed E-state index contributed by atoms with van der Waals surface area (Å²) >= 11 is 0. The molecule has 4 aliphatic carbocycles. The molecule has 4 rings (SSSR count). The van der Waals surface area contributed by atoms with Crippen LogP contribution in [0.5, 0.6) is 0 Å². The van der Waals surface area contributed by atoms with Crippen LogP contribution >= 0.6 is 0 Å². The molecule has 0 aromatic heterocycles. The van der Waals surface area contributed by atoms with Crippen molar-refractivity contribution >= 4 is 11.5 Å². The number of nitrogens with one attached hydrogen (secondary N) is 1. The molecule has 0 saturated heterocycles. The van der Waals surface area contributed by atoms with E-state index in [9.17, 15) is 4.79 Å². The van der Waals surface area contributed by atoms with E-state index in [4.69, 9.17) is 4.84 Å². The number of carbonyl (C=O) groups is 1. The molecule has 1 N–H and O–H groups in total. The lowest BCUT2D eigenvalue weighted by atomic mass is 9.47. The molecule has 0 aliphatic heterocycles. The van der Waals surface area contributed by atoms with Gasteiger partial charge in [0.2, 0.25) is 0 Å². The van der Waals surface area contributed by atoms with Gasteiger partial charge in [-0.05, 0) is 100 Å². The Morgan fingerprint density at radius 1 is 1.07 bits per heavy atom. The fourth-order valence-corrected chi connectivity index (χ4v) is 7.14. The summed E-state index contributed by atoms with van der Waals surface area (Å²) in [5.41, 5.74) is 3.04. The zero-order valence-corrected chi connectivity index (χ0v) is 18.8. The summed E-state index contributed by atoms with van der Waals surface area (Å²) < 4.78 is 0. The zero-order chi connectivity index (χ0) is 20.5. The smallest absolute Gasteiger partial charge is 0.139 e. The monoisotopic (exact) mass is 400 g/mol. The van der Waals surface area contributed by atoms with Gasteiger partial charge in [-0.25, -0.2) is 0 Å². The van der Waals surface area contributed by atoms with E-state index in [0.717, 1.165) is 69.2 Å². The van der Waals surface area contributed by atoms with Crippen molar-refractivity contribution in [1.82, 2.24) is 5.32 Å². The van der Waals surface area contributed by atoms with E-state index < -0.39 is 0 Å². The maximum Gasteiger partial charge on any atom is 0.139 e. The summed E-state index contributed by atoms with van der Waals surface area (Å²) in [5, 5.41) is 7.82. The number of carbonyl (C=O) groups excluding carboxylic acids is 1. The highest BCUT2D eigenvalue weighted by Crippen LogP contribution is 2.64. The molecule has 3 saturated carbocycles. The van der Waals surface area contributed by atoms with Crippen molar-refractivity contribution in [1.29, 1.82) is 0 Å². The van der Waals surface area contributed by atoms with Gasteiger partial charge in [0.25, 0.3) is 0 Å². The lowest BCUT2D eigenvalue weighted by molar-refractivity contribution is -0.132. The Morgan fingerprint density at radius 3 is 2.72 bits per heavy atom. The van der Waals surface area contributed by atoms with E-state index in [0.29, 0.717) is 23.7 Å². The van der Waals surface area contributed by atoms with Gasteiger partial charge >= 0.3 is 0 Å². The average molecular weight is 401 g/mol. The minimum Gasteiger partial charge on any atom is -0.396 e. The molecule has 0 aromatic carbocycles. The highest BCUT2D eigenvalue weighted by molar-refractivity contribution is 5.96. The molecule has 0 spiro atoms. The number of Topliss-reactive ketones (excluding diaryl/α,β-unsaturated/α-hetero) is 1. The Labute approximate surface area is 176 Å². The Hall–Kier alpha value is -1.16. The summed E-state index contributed by atoms with van der Waals surface area (Å²) in [5.74, 6) is 2.68. The third kappa shape index (κ3) is 3.82. The van der Waals surface area contributed by atoms with Crippen LogP contribution in [0.4, 0.5) is 0 Å². The van der Waals surface area contributed by atoms with E-state index in [1.807, 2.05) is 0 Å². The van der Waals surface area contributed by atoms with Crippen LogP contribution in [0, 0.1) is 28.6 Å². The largest absolute Gasteiger partial charge is 0.396 e. The first kappa shape index (κ1) is 21.1. The third-order valence-electron chi connectivity index (χ3n) is 8.96. The average Bonchev–Trinajstić information content (AvgIpc) is 3.02. The number of hydrogen-bond acceptors (Lipinski definition) is 4. The Kier molecular flexibility index (Phi) is 6.20. The van der Waals surface area contributed by atoms with E-state index in [-0.39, 0.29) is 5.41 Å². The number of unbranched alkanes of at least 4 members (excludes halogenated alkanes) is 1. The van der Waals surface area contributed by atoms with Gasteiger partial charge in [-0.2, -0.15) is 0 Å². The molecule has 4 aliphatic rings. The van der Waals surface area contributed by atoms with Gasteiger partial charge in [0, 0.05) is 11.8 Å². The van der Waals surface area contributed by atoms with Gasteiger partial charge in [0.05, 0.1) is 5.71 Å². The van der Waals surface area contributed by atoms with Gasteiger partial charge in [-0.3, -0.25) is 4.79 Å². The normalized spacial score (nSPS) is 40.2. The van der Waals surface area contributed by atoms with Crippen LogP contribution in [-0.2, 0) is 9.63 Å². The minimum atomic E-state index is -0.0134. The number of fused-ring (bicyclic) bond motifs is 5. The van der Waals surface area contributed by atoms with Gasteiger partial charge < -0.3 is 10.2 Å². The SMILES string of the molecule is CCNCCCCON=C1C=C2CCC3C(CC[C@]4(C)C(=O)CCC34)[C@@]2(C)CC1. The van der Waals surface area contributed by atoms with Crippen molar-refractivity contribution in [2.24, 2.45) is 33.7 Å². The van der Waals surface area contributed by atoms with Gasteiger partial charge in [-0.15, -0.1) is 0 Å². The standard InChI is InChI=1S/C25H40N2O2/c1-4-26-15-5-6-16-29-27-19-11-13-24(2)18(17-19)7-8-20-21-9-10-23(28)25(21,3)14-12-22(20)24/h17,20-22,26H,4-16H2,1-3H3/t20?,21?,22?,24-,25-/m0/s1. The van der Waals surface area contributed by atoms with E-state index in [1.165, 1.54) is 25.7 Å². The van der Waals surface area contributed by atoms with Crippen molar-refractivity contribution in [3.05, 3.63) is 11.6 Å². The molecule has 4 nitrogen and oxygen atoms in total. The Balaban J connectivity index is 1.39. The molecular weight excluding hydrogens is 360 g/mol. The number of rotatable bonds is 7. The Bertz CT molecular complexity index is 684. The van der Waals surface area contributed by atoms with Crippen LogP contribution < -0.4 is 5.32 Å². The minimum absolute atomic E-state index is 0.0134. The molecular formula is C25H40N2O2. The van der Waals surface area contributed by atoms with Crippen molar-refractivity contribution in [3.63, 3.8) is 0 Å². The molecule has 0 bridgehead atoms. The van der Waals surface area contributed by atoms with Gasteiger partial charge in [0.15, 0.2) is 0 Å². The van der Waals surface area contributed by atoms with E-state index in [1.54, 1.807) is 5.57 Å². The third-order valence-corrected chi connectivity index (χ3v) is 8.96. The number of oxime groups is 1.